The highest BCUT2D eigenvalue weighted by Gasteiger charge is 2.08. The number of fused-ring (bicyclic) bond motifs is 1. The molecule has 0 atom stereocenters. The van der Waals surface area contributed by atoms with Crippen LogP contribution < -0.4 is 10.6 Å². The summed E-state index contributed by atoms with van der Waals surface area (Å²) in [6, 6.07) is 6.17. The highest BCUT2D eigenvalue weighted by molar-refractivity contribution is 9.10. The third kappa shape index (κ3) is 3.00. The van der Waals surface area contributed by atoms with E-state index in [1.54, 1.807) is 6.20 Å². The molecule has 3 rings (SSSR count). The van der Waals surface area contributed by atoms with Gasteiger partial charge in [-0.15, -0.1) is 0 Å². The molecule has 2 heterocycles. The quantitative estimate of drug-likeness (QED) is 0.750. The average Bonchev–Trinajstić information content (AvgIpc) is 2.86. The van der Waals surface area contributed by atoms with E-state index in [9.17, 15) is 0 Å². The fourth-order valence-electron chi connectivity index (χ4n) is 2.23. The van der Waals surface area contributed by atoms with E-state index in [2.05, 4.69) is 55.6 Å². The molecule has 0 aliphatic heterocycles. The maximum Gasteiger partial charge on any atom is 0.180 e. The summed E-state index contributed by atoms with van der Waals surface area (Å²) in [5.41, 5.74) is 2.95. The van der Waals surface area contributed by atoms with Crippen LogP contribution in [0.15, 0.2) is 41.3 Å². The van der Waals surface area contributed by atoms with E-state index < -0.39 is 0 Å². The minimum absolute atomic E-state index is 0.732. The van der Waals surface area contributed by atoms with E-state index in [-0.39, 0.29) is 0 Å². The summed E-state index contributed by atoms with van der Waals surface area (Å²) in [5.74, 6) is 1.55. The number of nitrogens with one attached hydrogen (secondary N) is 2. The van der Waals surface area contributed by atoms with Crippen molar-refractivity contribution in [3.63, 3.8) is 0 Å². The van der Waals surface area contributed by atoms with Crippen LogP contribution in [0.3, 0.4) is 0 Å². The van der Waals surface area contributed by atoms with Crippen LogP contribution in [0.2, 0.25) is 0 Å². The number of hydrogen-bond acceptors (Lipinski definition) is 4. The van der Waals surface area contributed by atoms with Crippen LogP contribution in [-0.4, -0.2) is 20.9 Å². The van der Waals surface area contributed by atoms with Crippen LogP contribution in [0.1, 0.15) is 12.5 Å². The molecule has 108 valence electrons. The lowest BCUT2D eigenvalue weighted by atomic mass is 10.2. The Kier molecular flexibility index (Phi) is 3.79. The Hall–Kier alpha value is -2.08. The van der Waals surface area contributed by atoms with Gasteiger partial charge in [-0.2, -0.15) is 0 Å². The van der Waals surface area contributed by atoms with Gasteiger partial charge in [0.25, 0.3) is 0 Å². The van der Waals surface area contributed by atoms with E-state index in [0.29, 0.717) is 0 Å². The summed E-state index contributed by atoms with van der Waals surface area (Å²) in [6.07, 6.45) is 5.61. The maximum absolute atomic E-state index is 4.60. The van der Waals surface area contributed by atoms with Crippen molar-refractivity contribution in [3.05, 3.63) is 46.8 Å². The summed E-state index contributed by atoms with van der Waals surface area (Å²) in [7, 11) is 0. The monoisotopic (exact) mass is 345 g/mol. The number of nitrogens with zero attached hydrogens (tertiary/aromatic N) is 3. The minimum atomic E-state index is 0.732. The van der Waals surface area contributed by atoms with Gasteiger partial charge in [-0.25, -0.2) is 9.97 Å². The van der Waals surface area contributed by atoms with Crippen molar-refractivity contribution >= 4 is 38.9 Å². The third-order valence-corrected chi connectivity index (χ3v) is 3.49. The second kappa shape index (κ2) is 5.73. The lowest BCUT2D eigenvalue weighted by Crippen LogP contribution is -2.05. The Balaban J connectivity index is 2.04. The highest BCUT2D eigenvalue weighted by Crippen LogP contribution is 2.24. The first-order valence-corrected chi connectivity index (χ1v) is 7.57. The number of imidazole rings is 1. The summed E-state index contributed by atoms with van der Waals surface area (Å²) in [6.45, 7) is 4.93. The summed E-state index contributed by atoms with van der Waals surface area (Å²) in [4.78, 5) is 8.96. The molecule has 6 heteroatoms. The molecule has 0 aliphatic rings. The first kappa shape index (κ1) is 13.9. The maximum atomic E-state index is 4.60. The number of halogens is 1. The lowest BCUT2D eigenvalue weighted by Gasteiger charge is -2.11. The molecule has 3 aromatic rings. The Morgan fingerprint density at radius 2 is 2.14 bits per heavy atom. The van der Waals surface area contributed by atoms with Gasteiger partial charge in [0, 0.05) is 29.1 Å². The van der Waals surface area contributed by atoms with Gasteiger partial charge in [0.2, 0.25) is 0 Å². The predicted octanol–water partition coefficient (Wildman–Crippen LogP) is 3.98. The van der Waals surface area contributed by atoms with Crippen molar-refractivity contribution in [3.8, 4) is 0 Å². The molecule has 0 saturated carbocycles. The molecule has 0 radical (unpaired) electrons. The van der Waals surface area contributed by atoms with Crippen LogP contribution in [0.25, 0.3) is 5.65 Å². The molecule has 0 spiro atoms. The first-order valence-electron chi connectivity index (χ1n) is 6.77. The normalized spacial score (nSPS) is 10.8. The van der Waals surface area contributed by atoms with E-state index in [1.165, 1.54) is 5.56 Å². The van der Waals surface area contributed by atoms with Crippen molar-refractivity contribution in [1.29, 1.82) is 0 Å². The van der Waals surface area contributed by atoms with E-state index >= 15 is 0 Å². The van der Waals surface area contributed by atoms with Crippen molar-refractivity contribution in [2.24, 2.45) is 0 Å². The molecule has 2 N–H and O–H groups in total. The van der Waals surface area contributed by atoms with Gasteiger partial charge in [0.05, 0.1) is 6.20 Å². The largest absolute Gasteiger partial charge is 0.369 e. The van der Waals surface area contributed by atoms with E-state index in [4.69, 9.17) is 0 Å². The van der Waals surface area contributed by atoms with Gasteiger partial charge in [0.1, 0.15) is 5.82 Å². The number of hydrogen-bond donors (Lipinski definition) is 2. The zero-order chi connectivity index (χ0) is 14.8. The lowest BCUT2D eigenvalue weighted by molar-refractivity contribution is 1.09. The molecule has 2 aromatic heterocycles. The van der Waals surface area contributed by atoms with Crippen LogP contribution in [0.5, 0.6) is 0 Å². The molecule has 0 unspecified atom stereocenters. The average molecular weight is 346 g/mol. The summed E-state index contributed by atoms with van der Waals surface area (Å²) in [5, 5.41) is 6.58. The fourth-order valence-corrected chi connectivity index (χ4v) is 2.83. The van der Waals surface area contributed by atoms with Gasteiger partial charge in [-0.05, 0) is 37.6 Å². The van der Waals surface area contributed by atoms with E-state index in [0.717, 1.165) is 34.0 Å². The smallest absolute Gasteiger partial charge is 0.180 e. The van der Waals surface area contributed by atoms with Gasteiger partial charge >= 0.3 is 0 Å². The van der Waals surface area contributed by atoms with Crippen molar-refractivity contribution < 1.29 is 0 Å². The number of anilines is 3. The van der Waals surface area contributed by atoms with Gasteiger partial charge in [-0.3, -0.25) is 0 Å². The molecular formula is C15H16BrN5. The SMILES string of the molecule is CCNc1cn2ccnc2c(Nc2cc(C)cc(Br)c2)n1. The predicted molar refractivity (Wildman–Crippen MR) is 89.3 cm³/mol. The Morgan fingerprint density at radius 1 is 1.29 bits per heavy atom. The van der Waals surface area contributed by atoms with Crippen LogP contribution in [0, 0.1) is 6.92 Å². The molecule has 0 saturated heterocycles. The topological polar surface area (TPSA) is 54.2 Å². The number of benzene rings is 1. The molecule has 0 aliphatic carbocycles. The number of aromatic nitrogens is 3. The highest BCUT2D eigenvalue weighted by atomic mass is 79.9. The van der Waals surface area contributed by atoms with Gasteiger partial charge in [0.15, 0.2) is 11.5 Å². The second-order valence-electron chi connectivity index (χ2n) is 4.81. The van der Waals surface area contributed by atoms with Gasteiger partial charge in [-0.1, -0.05) is 15.9 Å². The summed E-state index contributed by atoms with van der Waals surface area (Å²) < 4.78 is 2.99. The summed E-state index contributed by atoms with van der Waals surface area (Å²) >= 11 is 3.51. The molecule has 1 aromatic carbocycles. The number of aryl methyl sites for hydroxylation is 1. The van der Waals surface area contributed by atoms with Crippen molar-refractivity contribution in [1.82, 2.24) is 14.4 Å². The second-order valence-corrected chi connectivity index (χ2v) is 5.72. The fraction of sp³-hybridized carbons (Fsp3) is 0.200. The Morgan fingerprint density at radius 3 is 2.90 bits per heavy atom. The standard InChI is InChI=1S/C15H16BrN5/c1-3-17-13-9-21-5-4-18-15(21)14(20-13)19-12-7-10(2)6-11(16)8-12/h4-9,17H,3H2,1-2H3,(H,19,20). The molecule has 0 bridgehead atoms. The number of rotatable bonds is 4. The van der Waals surface area contributed by atoms with Crippen LogP contribution in [-0.2, 0) is 0 Å². The zero-order valence-corrected chi connectivity index (χ0v) is 13.5. The minimum Gasteiger partial charge on any atom is -0.369 e. The van der Waals surface area contributed by atoms with Crippen molar-refractivity contribution in [2.75, 3.05) is 17.2 Å². The van der Waals surface area contributed by atoms with Crippen molar-refractivity contribution in [2.45, 2.75) is 13.8 Å². The Labute approximate surface area is 131 Å². The molecular weight excluding hydrogens is 330 g/mol. The molecule has 0 fully saturated rings. The third-order valence-electron chi connectivity index (χ3n) is 3.04. The van der Waals surface area contributed by atoms with Crippen LogP contribution >= 0.6 is 15.9 Å². The molecule has 0 amide bonds. The van der Waals surface area contributed by atoms with E-state index in [1.807, 2.05) is 29.8 Å². The van der Waals surface area contributed by atoms with Crippen LogP contribution in [0.4, 0.5) is 17.3 Å². The Bertz CT molecular complexity index is 761. The molecule has 5 nitrogen and oxygen atoms in total. The molecule has 21 heavy (non-hydrogen) atoms. The van der Waals surface area contributed by atoms with Gasteiger partial charge < -0.3 is 15.0 Å². The zero-order valence-electron chi connectivity index (χ0n) is 11.9. The first-order chi connectivity index (χ1) is 10.2.